The minimum absolute atomic E-state index is 0.0503. The van der Waals surface area contributed by atoms with Crippen LogP contribution in [0.5, 0.6) is 0 Å². The van der Waals surface area contributed by atoms with Gasteiger partial charge < -0.3 is 16.0 Å². The molecular weight excluding hydrogens is 253 g/mol. The fraction of sp³-hybridized carbons (Fsp3) is 0.625. The first-order chi connectivity index (χ1) is 9.53. The Balaban J connectivity index is 1.96. The molecule has 1 fully saturated rings. The second-order valence-electron chi connectivity index (χ2n) is 6.31. The summed E-state index contributed by atoms with van der Waals surface area (Å²) in [5.74, 6) is 0.495. The topological polar surface area (TPSA) is 41.3 Å². The number of nitrogens with two attached hydrogens (primary N) is 1. The lowest BCUT2D eigenvalue weighted by Gasteiger charge is -2.43. The van der Waals surface area contributed by atoms with Crippen molar-refractivity contribution < 1.29 is 4.39 Å². The van der Waals surface area contributed by atoms with Crippen LogP contribution >= 0.6 is 0 Å². The van der Waals surface area contributed by atoms with Gasteiger partial charge in [-0.25, -0.2) is 4.39 Å². The summed E-state index contributed by atoms with van der Waals surface area (Å²) in [7, 11) is 0. The molecule has 3 nitrogen and oxygen atoms in total. The maximum atomic E-state index is 13.0. The Morgan fingerprint density at radius 1 is 1.25 bits per heavy atom. The molecule has 0 radical (unpaired) electrons. The number of benzene rings is 1. The Morgan fingerprint density at radius 2 is 1.85 bits per heavy atom. The van der Waals surface area contributed by atoms with Gasteiger partial charge in [0.25, 0.3) is 0 Å². The average Bonchev–Trinajstić information content (AvgIpc) is 2.43. The third-order valence-corrected chi connectivity index (χ3v) is 4.08. The van der Waals surface area contributed by atoms with Crippen molar-refractivity contribution in [3.05, 3.63) is 30.1 Å². The van der Waals surface area contributed by atoms with Crippen molar-refractivity contribution in [2.75, 3.05) is 31.5 Å². The summed E-state index contributed by atoms with van der Waals surface area (Å²) >= 11 is 0. The standard InChI is InChI=1S/C16H26FN3/c1-13(2)11-20-9-7-16(12-18,8-10-20)19-15-5-3-14(17)4-6-15/h3-6,13,19H,7-12,18H2,1-2H3. The third kappa shape index (κ3) is 3.93. The molecule has 1 heterocycles. The van der Waals surface area contributed by atoms with Gasteiger partial charge in [-0.1, -0.05) is 13.8 Å². The minimum Gasteiger partial charge on any atom is -0.378 e. The molecule has 2 rings (SSSR count). The van der Waals surface area contributed by atoms with Crippen LogP contribution in [0.15, 0.2) is 24.3 Å². The summed E-state index contributed by atoms with van der Waals surface area (Å²) in [5, 5.41) is 3.53. The highest BCUT2D eigenvalue weighted by atomic mass is 19.1. The van der Waals surface area contributed by atoms with E-state index in [0.717, 1.165) is 38.2 Å². The molecule has 0 aromatic heterocycles. The van der Waals surface area contributed by atoms with Gasteiger partial charge in [-0.15, -0.1) is 0 Å². The van der Waals surface area contributed by atoms with Crippen molar-refractivity contribution in [1.29, 1.82) is 0 Å². The first-order valence-electron chi connectivity index (χ1n) is 7.49. The first-order valence-corrected chi connectivity index (χ1v) is 7.49. The maximum absolute atomic E-state index is 13.0. The molecule has 1 aromatic carbocycles. The minimum atomic E-state index is -0.205. The van der Waals surface area contributed by atoms with Crippen LogP contribution in [0.4, 0.5) is 10.1 Å². The summed E-state index contributed by atoms with van der Waals surface area (Å²) in [4.78, 5) is 2.50. The van der Waals surface area contributed by atoms with Crippen molar-refractivity contribution in [1.82, 2.24) is 4.90 Å². The Morgan fingerprint density at radius 3 is 2.35 bits per heavy atom. The third-order valence-electron chi connectivity index (χ3n) is 4.08. The van der Waals surface area contributed by atoms with Gasteiger partial charge in [-0.2, -0.15) is 0 Å². The van der Waals surface area contributed by atoms with Gasteiger partial charge >= 0.3 is 0 Å². The number of hydrogen-bond donors (Lipinski definition) is 2. The molecule has 1 aromatic rings. The summed E-state index contributed by atoms with van der Waals surface area (Å²) in [6, 6.07) is 6.54. The highest BCUT2D eigenvalue weighted by Gasteiger charge is 2.33. The molecule has 0 bridgehead atoms. The number of piperidine rings is 1. The lowest BCUT2D eigenvalue weighted by atomic mass is 9.87. The smallest absolute Gasteiger partial charge is 0.123 e. The molecule has 0 atom stereocenters. The van der Waals surface area contributed by atoms with Gasteiger partial charge in [0.05, 0.1) is 5.54 Å². The van der Waals surface area contributed by atoms with Crippen molar-refractivity contribution in [2.45, 2.75) is 32.2 Å². The molecular formula is C16H26FN3. The van der Waals surface area contributed by atoms with Crippen molar-refractivity contribution in [3.63, 3.8) is 0 Å². The molecule has 112 valence electrons. The molecule has 0 spiro atoms. The van der Waals surface area contributed by atoms with E-state index in [1.165, 1.54) is 12.1 Å². The molecule has 3 N–H and O–H groups in total. The highest BCUT2D eigenvalue weighted by Crippen LogP contribution is 2.26. The quantitative estimate of drug-likeness (QED) is 0.870. The van der Waals surface area contributed by atoms with Gasteiger partial charge in [0.15, 0.2) is 0 Å². The van der Waals surface area contributed by atoms with Gasteiger partial charge in [-0.3, -0.25) is 0 Å². The SMILES string of the molecule is CC(C)CN1CCC(CN)(Nc2ccc(F)cc2)CC1. The van der Waals surface area contributed by atoms with Crippen LogP contribution in [0.3, 0.4) is 0 Å². The molecule has 0 saturated carbocycles. The van der Waals surface area contributed by atoms with Crippen LogP contribution < -0.4 is 11.1 Å². The van der Waals surface area contributed by atoms with E-state index in [-0.39, 0.29) is 11.4 Å². The Labute approximate surface area is 121 Å². The second-order valence-corrected chi connectivity index (χ2v) is 6.31. The zero-order valence-corrected chi connectivity index (χ0v) is 12.5. The normalized spacial score (nSPS) is 19.2. The number of rotatable bonds is 5. The predicted molar refractivity (Wildman–Crippen MR) is 82.3 cm³/mol. The zero-order chi connectivity index (χ0) is 14.6. The second kappa shape index (κ2) is 6.55. The largest absolute Gasteiger partial charge is 0.378 e. The molecule has 0 unspecified atom stereocenters. The van der Waals surface area contributed by atoms with Gasteiger partial charge in [0.1, 0.15) is 5.82 Å². The molecule has 1 aliphatic rings. The van der Waals surface area contributed by atoms with Gasteiger partial charge in [0.2, 0.25) is 0 Å². The zero-order valence-electron chi connectivity index (χ0n) is 12.5. The van der Waals surface area contributed by atoms with Crippen LogP contribution in [-0.2, 0) is 0 Å². The monoisotopic (exact) mass is 279 g/mol. The molecule has 4 heteroatoms. The molecule has 1 aliphatic heterocycles. The van der Waals surface area contributed by atoms with Crippen molar-refractivity contribution >= 4 is 5.69 Å². The van der Waals surface area contributed by atoms with Crippen LogP contribution in [0.1, 0.15) is 26.7 Å². The highest BCUT2D eigenvalue weighted by molar-refractivity contribution is 5.45. The number of nitrogens with zero attached hydrogens (tertiary/aromatic N) is 1. The van der Waals surface area contributed by atoms with Crippen LogP contribution in [0.25, 0.3) is 0 Å². The summed E-state index contributed by atoms with van der Waals surface area (Å²) in [6.45, 7) is 8.41. The summed E-state index contributed by atoms with van der Waals surface area (Å²) in [5.41, 5.74) is 6.91. The van der Waals surface area contributed by atoms with Crippen LogP contribution in [0.2, 0.25) is 0 Å². The van der Waals surface area contributed by atoms with E-state index >= 15 is 0 Å². The van der Waals surface area contributed by atoms with Crippen LogP contribution in [-0.4, -0.2) is 36.6 Å². The maximum Gasteiger partial charge on any atom is 0.123 e. The van der Waals surface area contributed by atoms with Crippen molar-refractivity contribution in [2.24, 2.45) is 11.7 Å². The van der Waals surface area contributed by atoms with Gasteiger partial charge in [-0.05, 0) is 43.0 Å². The van der Waals surface area contributed by atoms with E-state index in [1.54, 1.807) is 12.1 Å². The van der Waals surface area contributed by atoms with Gasteiger partial charge in [0, 0.05) is 31.9 Å². The predicted octanol–water partition coefficient (Wildman–Crippen LogP) is 2.69. The molecule has 20 heavy (non-hydrogen) atoms. The van der Waals surface area contributed by atoms with Crippen molar-refractivity contribution in [3.8, 4) is 0 Å². The van der Waals surface area contributed by atoms with E-state index in [1.807, 2.05) is 0 Å². The molecule has 0 aliphatic carbocycles. The summed E-state index contributed by atoms with van der Waals surface area (Å²) < 4.78 is 13.0. The van der Waals surface area contributed by atoms with E-state index < -0.39 is 0 Å². The van der Waals surface area contributed by atoms with Crippen LogP contribution in [0, 0.1) is 11.7 Å². The molecule has 0 amide bonds. The average molecular weight is 279 g/mol. The number of likely N-dealkylation sites (tertiary alicyclic amines) is 1. The number of hydrogen-bond acceptors (Lipinski definition) is 3. The van der Waals surface area contributed by atoms with E-state index in [4.69, 9.17) is 5.73 Å². The Kier molecular flexibility index (Phi) is 5.00. The van der Waals surface area contributed by atoms with E-state index in [2.05, 4.69) is 24.1 Å². The number of anilines is 1. The summed E-state index contributed by atoms with van der Waals surface area (Å²) in [6.07, 6.45) is 2.07. The van der Waals surface area contributed by atoms with E-state index in [9.17, 15) is 4.39 Å². The van der Waals surface area contributed by atoms with E-state index in [0.29, 0.717) is 12.5 Å². The Hall–Kier alpha value is -1.13. The lowest BCUT2D eigenvalue weighted by Crippen LogP contribution is -2.54. The first kappa shape index (κ1) is 15.3. The lowest BCUT2D eigenvalue weighted by molar-refractivity contribution is 0.161. The fourth-order valence-electron chi connectivity index (χ4n) is 2.90. The Bertz CT molecular complexity index is 408. The fourth-order valence-corrected chi connectivity index (χ4v) is 2.90. The number of nitrogens with one attached hydrogen (secondary N) is 1. The molecule has 1 saturated heterocycles. The number of halogens is 1.